The van der Waals surface area contributed by atoms with Crippen molar-refractivity contribution in [2.75, 3.05) is 12.8 Å². The topological polar surface area (TPSA) is 53.1 Å². The zero-order chi connectivity index (χ0) is 15.4. The minimum atomic E-state index is 0.733. The molecule has 0 atom stereocenters. The first-order valence-corrected chi connectivity index (χ1v) is 8.27. The zero-order valence-electron chi connectivity index (χ0n) is 12.5. The highest BCUT2D eigenvalue weighted by Gasteiger charge is 2.15. The number of aryl methyl sites for hydroxylation is 2. The van der Waals surface area contributed by atoms with E-state index in [0.717, 1.165) is 51.5 Å². The highest BCUT2D eigenvalue weighted by atomic mass is 35.5. The second kappa shape index (κ2) is 7.09. The fourth-order valence-electron chi connectivity index (χ4n) is 2.07. The Labute approximate surface area is 134 Å². The van der Waals surface area contributed by atoms with E-state index in [1.807, 2.05) is 22.9 Å². The number of hydrogen-bond donors (Lipinski definition) is 1. The van der Waals surface area contributed by atoms with Crippen molar-refractivity contribution in [3.8, 4) is 5.75 Å². The number of hydrogen-bond acceptors (Lipinski definition) is 4. The van der Waals surface area contributed by atoms with Gasteiger partial charge in [0.2, 0.25) is 0 Å². The average Bonchev–Trinajstić information content (AvgIpc) is 2.82. The smallest absolute Gasteiger partial charge is 0.120 e. The van der Waals surface area contributed by atoms with Gasteiger partial charge >= 0.3 is 0 Å². The van der Waals surface area contributed by atoms with Gasteiger partial charge in [0.05, 0.1) is 23.5 Å². The third-order valence-corrected chi connectivity index (χ3v) is 4.80. The Hall–Kier alpha value is -1.33. The summed E-state index contributed by atoms with van der Waals surface area (Å²) in [6.45, 7) is 4.94. The molecule has 2 N–H and O–H groups in total. The molecule has 0 unspecified atom stereocenters. The summed E-state index contributed by atoms with van der Waals surface area (Å²) in [6, 6.07) is 5.66. The number of methoxy groups -OCH3 is 1. The molecule has 0 spiro atoms. The van der Waals surface area contributed by atoms with Crippen molar-refractivity contribution in [1.29, 1.82) is 0 Å². The van der Waals surface area contributed by atoms with Gasteiger partial charge in [0.15, 0.2) is 0 Å². The molecule has 6 heteroatoms. The molecule has 0 saturated heterocycles. The standard InChI is InChI=1S/C15H20ClN3OS/c1-4-12-15(16)13(19(5-2)18-12)9-21-14-8-10(20-3)6-7-11(14)17/h6-8H,4-5,9,17H2,1-3H3. The first-order valence-electron chi connectivity index (χ1n) is 6.91. The number of anilines is 1. The summed E-state index contributed by atoms with van der Waals surface area (Å²) >= 11 is 8.07. The van der Waals surface area contributed by atoms with Crippen LogP contribution < -0.4 is 10.5 Å². The van der Waals surface area contributed by atoms with Crippen LogP contribution in [0, 0.1) is 0 Å². The summed E-state index contributed by atoms with van der Waals surface area (Å²) in [5.41, 5.74) is 8.76. The van der Waals surface area contributed by atoms with Crippen LogP contribution in [0.2, 0.25) is 5.02 Å². The van der Waals surface area contributed by atoms with Crippen LogP contribution in [0.3, 0.4) is 0 Å². The first-order chi connectivity index (χ1) is 10.1. The molecule has 0 saturated carbocycles. The number of aromatic nitrogens is 2. The van der Waals surface area contributed by atoms with Crippen molar-refractivity contribution in [2.24, 2.45) is 0 Å². The van der Waals surface area contributed by atoms with Crippen LogP contribution in [0.4, 0.5) is 5.69 Å². The zero-order valence-corrected chi connectivity index (χ0v) is 14.1. The Morgan fingerprint density at radius 2 is 2.14 bits per heavy atom. The predicted octanol–water partition coefficient (Wildman–Crippen LogP) is 4.00. The van der Waals surface area contributed by atoms with E-state index in [-0.39, 0.29) is 0 Å². The minimum absolute atomic E-state index is 0.733. The van der Waals surface area contributed by atoms with Crippen LogP contribution in [-0.2, 0) is 18.7 Å². The molecule has 2 rings (SSSR count). The number of ether oxygens (including phenoxy) is 1. The summed E-state index contributed by atoms with van der Waals surface area (Å²) in [6.07, 6.45) is 0.838. The molecular weight excluding hydrogens is 306 g/mol. The van der Waals surface area contributed by atoms with Gasteiger partial charge in [-0.2, -0.15) is 5.10 Å². The number of halogens is 1. The normalized spacial score (nSPS) is 10.9. The largest absolute Gasteiger partial charge is 0.497 e. The van der Waals surface area contributed by atoms with E-state index in [1.54, 1.807) is 18.9 Å². The van der Waals surface area contributed by atoms with Crippen LogP contribution in [0.1, 0.15) is 25.2 Å². The van der Waals surface area contributed by atoms with Gasteiger partial charge in [0, 0.05) is 22.9 Å². The Balaban J connectivity index is 2.22. The maximum atomic E-state index is 6.42. The third-order valence-electron chi connectivity index (χ3n) is 3.28. The molecule has 1 heterocycles. The predicted molar refractivity (Wildman–Crippen MR) is 89.3 cm³/mol. The number of nitrogen functional groups attached to an aromatic ring is 1. The van der Waals surface area contributed by atoms with Gasteiger partial charge in [-0.15, -0.1) is 11.8 Å². The van der Waals surface area contributed by atoms with E-state index in [2.05, 4.69) is 18.9 Å². The van der Waals surface area contributed by atoms with Gasteiger partial charge in [0.1, 0.15) is 5.75 Å². The molecule has 0 aliphatic rings. The van der Waals surface area contributed by atoms with Crippen LogP contribution in [-0.4, -0.2) is 16.9 Å². The van der Waals surface area contributed by atoms with E-state index in [4.69, 9.17) is 22.1 Å². The van der Waals surface area contributed by atoms with Crippen molar-refractivity contribution in [3.63, 3.8) is 0 Å². The van der Waals surface area contributed by atoms with E-state index in [9.17, 15) is 0 Å². The van der Waals surface area contributed by atoms with Gasteiger partial charge in [0.25, 0.3) is 0 Å². The van der Waals surface area contributed by atoms with E-state index < -0.39 is 0 Å². The molecule has 0 radical (unpaired) electrons. The number of benzene rings is 1. The first kappa shape index (κ1) is 16.0. The molecule has 1 aromatic carbocycles. The van der Waals surface area contributed by atoms with E-state index in [1.165, 1.54) is 0 Å². The summed E-state index contributed by atoms with van der Waals surface area (Å²) in [4.78, 5) is 0.993. The Kier molecular flexibility index (Phi) is 5.42. The second-order valence-corrected chi connectivity index (χ2v) is 5.96. The van der Waals surface area contributed by atoms with Gasteiger partial charge in [-0.1, -0.05) is 18.5 Å². The van der Waals surface area contributed by atoms with Crippen LogP contribution in [0.5, 0.6) is 5.75 Å². The van der Waals surface area contributed by atoms with Crippen LogP contribution in [0.15, 0.2) is 23.1 Å². The lowest BCUT2D eigenvalue weighted by atomic mass is 10.3. The fourth-order valence-corrected chi connectivity index (χ4v) is 3.50. The molecule has 0 bridgehead atoms. The van der Waals surface area contributed by atoms with Gasteiger partial charge in [-0.05, 0) is 31.5 Å². The van der Waals surface area contributed by atoms with Crippen molar-refractivity contribution in [1.82, 2.24) is 9.78 Å². The highest BCUT2D eigenvalue weighted by Crippen LogP contribution is 2.34. The maximum absolute atomic E-state index is 6.42. The number of thioether (sulfide) groups is 1. The molecule has 21 heavy (non-hydrogen) atoms. The quantitative estimate of drug-likeness (QED) is 0.644. The molecule has 1 aromatic heterocycles. The molecular formula is C15H20ClN3OS. The SMILES string of the molecule is CCc1nn(CC)c(CSc2cc(OC)ccc2N)c1Cl. The van der Waals surface area contributed by atoms with Crippen LogP contribution in [0.25, 0.3) is 0 Å². The summed E-state index contributed by atoms with van der Waals surface area (Å²) in [5.74, 6) is 1.54. The van der Waals surface area contributed by atoms with E-state index in [0.29, 0.717) is 0 Å². The molecule has 0 fully saturated rings. The third kappa shape index (κ3) is 3.47. The van der Waals surface area contributed by atoms with Crippen LogP contribution >= 0.6 is 23.4 Å². The van der Waals surface area contributed by atoms with Gasteiger partial charge in [-0.3, -0.25) is 4.68 Å². The highest BCUT2D eigenvalue weighted by molar-refractivity contribution is 7.98. The lowest BCUT2D eigenvalue weighted by Gasteiger charge is -2.09. The number of rotatable bonds is 6. The molecule has 0 aliphatic carbocycles. The van der Waals surface area contributed by atoms with E-state index >= 15 is 0 Å². The second-order valence-electron chi connectivity index (χ2n) is 4.57. The van der Waals surface area contributed by atoms with Crippen molar-refractivity contribution in [3.05, 3.63) is 34.6 Å². The number of nitrogens with two attached hydrogens (primary N) is 1. The molecule has 4 nitrogen and oxygen atoms in total. The fraction of sp³-hybridized carbons (Fsp3) is 0.400. The summed E-state index contributed by atoms with van der Waals surface area (Å²) in [5, 5.41) is 5.30. The average molecular weight is 326 g/mol. The molecule has 2 aromatic rings. The lowest BCUT2D eigenvalue weighted by Crippen LogP contribution is -2.02. The van der Waals surface area contributed by atoms with Crippen molar-refractivity contribution in [2.45, 2.75) is 37.5 Å². The lowest BCUT2D eigenvalue weighted by molar-refractivity contribution is 0.414. The van der Waals surface area contributed by atoms with Crippen molar-refractivity contribution < 1.29 is 4.74 Å². The van der Waals surface area contributed by atoms with Gasteiger partial charge < -0.3 is 10.5 Å². The summed E-state index contributed by atoms with van der Waals surface area (Å²) in [7, 11) is 1.65. The Morgan fingerprint density at radius 3 is 2.76 bits per heavy atom. The Bertz CT molecular complexity index is 628. The van der Waals surface area contributed by atoms with Gasteiger partial charge in [-0.25, -0.2) is 0 Å². The van der Waals surface area contributed by atoms with Crippen molar-refractivity contribution >= 4 is 29.1 Å². The summed E-state index contributed by atoms with van der Waals surface area (Å²) < 4.78 is 7.20. The number of nitrogens with zero attached hydrogens (tertiary/aromatic N) is 2. The molecule has 0 aliphatic heterocycles. The molecule has 0 amide bonds. The molecule has 114 valence electrons. The monoisotopic (exact) mass is 325 g/mol. The maximum Gasteiger partial charge on any atom is 0.120 e. The minimum Gasteiger partial charge on any atom is -0.497 e. The Morgan fingerprint density at radius 1 is 1.38 bits per heavy atom.